The lowest BCUT2D eigenvalue weighted by Gasteiger charge is -1.94. The molecule has 0 spiro atoms. The third-order valence-corrected chi connectivity index (χ3v) is 0.377. The third-order valence-electron chi connectivity index (χ3n) is 0.377. The maximum Gasteiger partial charge on any atom is 0.136 e. The molecule has 31 valence electrons. The molecule has 3 heteroatoms. The van der Waals surface area contributed by atoms with Crippen molar-refractivity contribution in [3.8, 4) is 0 Å². The minimum absolute atomic E-state index is 1.59. The highest BCUT2D eigenvalue weighted by Crippen LogP contribution is 1.74. The number of hydroxylamine groups is 1. The average Bonchev–Trinajstić information content (AvgIpc) is 1.72. The maximum absolute atomic E-state index is 4.25. The predicted molar refractivity (Wildman–Crippen MR) is 20.8 cm³/mol. The van der Waals surface area contributed by atoms with E-state index in [-0.39, 0.29) is 0 Å². The van der Waals surface area contributed by atoms with E-state index in [0.29, 0.717) is 0 Å². The summed E-state index contributed by atoms with van der Waals surface area (Å²) in [5.74, 6) is 0. The van der Waals surface area contributed by atoms with Crippen molar-refractivity contribution in [3.63, 3.8) is 0 Å². The first-order chi connectivity index (χ1) is 3.00. The van der Waals surface area contributed by atoms with Gasteiger partial charge in [-0.3, -0.25) is 4.94 Å². The molecule has 0 aliphatic carbocycles. The minimum atomic E-state index is 1.59. The summed E-state index contributed by atoms with van der Waals surface area (Å²) in [6, 6.07) is 0. The number of allylic oxidation sites excluding steroid dienone is 1. The summed E-state index contributed by atoms with van der Waals surface area (Å²) in [7, 11) is 0. The summed E-state index contributed by atoms with van der Waals surface area (Å²) >= 11 is 0. The number of nitrogens with one attached hydrogen (secondary N) is 1. The summed E-state index contributed by atoms with van der Waals surface area (Å²) in [5, 5.41) is 3.23. The van der Waals surface area contributed by atoms with Crippen LogP contribution in [0.5, 0.6) is 0 Å². The molecule has 0 aromatic carbocycles. The lowest BCUT2D eigenvalue weighted by atomic mass is 10.7. The Labute approximate surface area is 35.2 Å². The van der Waals surface area contributed by atoms with Crippen molar-refractivity contribution < 1.29 is 4.94 Å². The van der Waals surface area contributed by atoms with Crippen LogP contribution in [0.15, 0.2) is 17.4 Å². The van der Waals surface area contributed by atoms with Gasteiger partial charge in [-0.15, -0.1) is 0 Å². The molecule has 0 saturated carbocycles. The van der Waals surface area contributed by atoms with Crippen molar-refractivity contribution >= 4 is 6.21 Å². The molecule has 0 amide bonds. The average molecular weight is 83.1 g/mol. The van der Waals surface area contributed by atoms with Gasteiger partial charge in [-0.2, -0.15) is 0 Å². The summed E-state index contributed by atoms with van der Waals surface area (Å²) in [6.07, 6.45) is 5.65. The molecule has 0 unspecified atom stereocenters. The van der Waals surface area contributed by atoms with Gasteiger partial charge in [0.1, 0.15) is 6.21 Å². The zero-order valence-corrected chi connectivity index (χ0v) is 3.01. The number of hydrogen-bond acceptors (Lipinski definition) is 3. The Hall–Kier alpha value is -0.990. The zero-order chi connectivity index (χ0) is 4.24. The molecule has 1 rings (SSSR count). The molecule has 0 bridgehead atoms. The quantitative estimate of drug-likeness (QED) is 0.443. The van der Waals surface area contributed by atoms with Crippen molar-refractivity contribution in [2.24, 2.45) is 5.16 Å². The van der Waals surface area contributed by atoms with Crippen molar-refractivity contribution in [2.75, 3.05) is 0 Å². The van der Waals surface area contributed by atoms with Gasteiger partial charge in [0.05, 0.1) is 0 Å². The Morgan fingerprint density at radius 2 is 2.83 bits per heavy atom. The van der Waals surface area contributed by atoms with Crippen LogP contribution in [0.3, 0.4) is 0 Å². The topological polar surface area (TPSA) is 33.6 Å². The van der Waals surface area contributed by atoms with Crippen LogP contribution in [-0.2, 0) is 4.94 Å². The van der Waals surface area contributed by atoms with Crippen molar-refractivity contribution in [2.45, 2.75) is 0 Å². The second-order valence-corrected chi connectivity index (χ2v) is 0.763. The van der Waals surface area contributed by atoms with Gasteiger partial charge in [-0.25, -0.2) is 5.48 Å². The Bertz CT molecular complexity index is 74.8. The SMILES string of the molecule is [C]1=NONC=C1. The number of hydrogen-bond donors (Lipinski definition) is 1. The van der Waals surface area contributed by atoms with Crippen LogP contribution in [0.2, 0.25) is 0 Å². The molecule has 1 aliphatic heterocycles. The molecular formula is C3H3N2O. The van der Waals surface area contributed by atoms with E-state index in [1.54, 1.807) is 12.3 Å². The first-order valence-electron chi connectivity index (χ1n) is 1.52. The molecule has 1 radical (unpaired) electrons. The zero-order valence-electron chi connectivity index (χ0n) is 3.01. The van der Waals surface area contributed by atoms with Gasteiger partial charge in [0.2, 0.25) is 0 Å². The maximum atomic E-state index is 4.25. The van der Waals surface area contributed by atoms with E-state index < -0.39 is 0 Å². The fourth-order valence-electron chi connectivity index (χ4n) is 0.185. The normalized spacial score (nSPS) is 16.0. The smallest absolute Gasteiger partial charge is 0.136 e. The largest absolute Gasteiger partial charge is 0.270 e. The molecule has 1 heterocycles. The molecule has 1 aliphatic rings. The van der Waals surface area contributed by atoms with Gasteiger partial charge in [0.25, 0.3) is 0 Å². The van der Waals surface area contributed by atoms with Gasteiger partial charge >= 0.3 is 0 Å². The summed E-state index contributed by atoms with van der Waals surface area (Å²) in [5.41, 5.74) is 2.38. The lowest BCUT2D eigenvalue weighted by Crippen LogP contribution is -2.03. The standard InChI is InChI=1S/C3H3N2O/c1-2-4-6-5-3-1/h1-2,4H. The van der Waals surface area contributed by atoms with E-state index in [1.807, 2.05) is 0 Å². The van der Waals surface area contributed by atoms with E-state index in [0.717, 1.165) is 0 Å². The van der Waals surface area contributed by atoms with E-state index in [2.05, 4.69) is 21.8 Å². The molecule has 3 nitrogen and oxygen atoms in total. The Morgan fingerprint density at radius 3 is 3.00 bits per heavy atom. The highest BCUT2D eigenvalue weighted by atomic mass is 16.8. The monoisotopic (exact) mass is 83.0 g/mol. The Balaban J connectivity index is 2.46. The third kappa shape index (κ3) is 0.484. The minimum Gasteiger partial charge on any atom is -0.270 e. The molecule has 0 atom stereocenters. The summed E-state index contributed by atoms with van der Waals surface area (Å²) < 4.78 is 0. The van der Waals surface area contributed by atoms with Gasteiger partial charge < -0.3 is 0 Å². The lowest BCUT2D eigenvalue weighted by molar-refractivity contribution is 0.0769. The van der Waals surface area contributed by atoms with Gasteiger partial charge in [0, 0.05) is 6.20 Å². The van der Waals surface area contributed by atoms with Crippen LogP contribution in [-0.4, -0.2) is 6.21 Å². The molecule has 0 aromatic rings. The predicted octanol–water partition coefficient (Wildman–Crippen LogP) is -0.102. The van der Waals surface area contributed by atoms with Crippen LogP contribution in [0.25, 0.3) is 0 Å². The number of nitrogens with zero attached hydrogens (tertiary/aromatic N) is 1. The summed E-state index contributed by atoms with van der Waals surface area (Å²) in [4.78, 5) is 4.25. The van der Waals surface area contributed by atoms with Crippen molar-refractivity contribution in [1.29, 1.82) is 0 Å². The van der Waals surface area contributed by atoms with Crippen LogP contribution in [0.4, 0.5) is 0 Å². The van der Waals surface area contributed by atoms with Crippen molar-refractivity contribution in [3.05, 3.63) is 12.3 Å². The Morgan fingerprint density at radius 1 is 1.83 bits per heavy atom. The second kappa shape index (κ2) is 1.45. The fourth-order valence-corrected chi connectivity index (χ4v) is 0.185. The second-order valence-electron chi connectivity index (χ2n) is 0.763. The van der Waals surface area contributed by atoms with E-state index >= 15 is 0 Å². The van der Waals surface area contributed by atoms with Crippen molar-refractivity contribution in [1.82, 2.24) is 5.48 Å². The van der Waals surface area contributed by atoms with Crippen LogP contribution in [0, 0.1) is 0 Å². The molecule has 0 fully saturated rings. The molecule has 1 N–H and O–H groups in total. The highest BCUT2D eigenvalue weighted by Gasteiger charge is 1.75. The summed E-state index contributed by atoms with van der Waals surface area (Å²) in [6.45, 7) is 0. The van der Waals surface area contributed by atoms with E-state index in [9.17, 15) is 0 Å². The Kier molecular flexibility index (Phi) is 0.774. The first-order valence-corrected chi connectivity index (χ1v) is 1.52. The molecular weight excluding hydrogens is 80.0 g/mol. The first kappa shape index (κ1) is 3.21. The fraction of sp³-hybridized carbons (Fsp3) is 0. The van der Waals surface area contributed by atoms with Gasteiger partial charge in [0.15, 0.2) is 0 Å². The van der Waals surface area contributed by atoms with E-state index in [4.69, 9.17) is 0 Å². The van der Waals surface area contributed by atoms with Crippen LogP contribution < -0.4 is 5.48 Å². The highest BCUT2D eigenvalue weighted by molar-refractivity contribution is 5.70. The molecule has 6 heavy (non-hydrogen) atoms. The number of rotatable bonds is 0. The van der Waals surface area contributed by atoms with E-state index in [1.165, 1.54) is 0 Å². The van der Waals surface area contributed by atoms with Crippen LogP contribution in [0.1, 0.15) is 0 Å². The molecule has 0 aromatic heterocycles. The van der Waals surface area contributed by atoms with Gasteiger partial charge in [-0.1, -0.05) is 5.16 Å². The van der Waals surface area contributed by atoms with Crippen LogP contribution >= 0.6 is 0 Å². The van der Waals surface area contributed by atoms with Gasteiger partial charge in [-0.05, 0) is 6.08 Å². The molecule has 0 saturated heterocycles.